The van der Waals surface area contributed by atoms with Crippen molar-refractivity contribution in [1.82, 2.24) is 0 Å². The lowest BCUT2D eigenvalue weighted by atomic mass is 9.97. The van der Waals surface area contributed by atoms with E-state index in [9.17, 15) is 191 Å². The zero-order valence-corrected chi connectivity index (χ0v) is 77.7. The number of anilines is 2. The van der Waals surface area contributed by atoms with Crippen molar-refractivity contribution in [2.75, 3.05) is 37.1 Å². The number of carbonyl (C=O) groups excluding carboxylic acids is 2. The number of carbonyl (C=O) groups is 2. The van der Waals surface area contributed by atoms with Crippen LogP contribution in [-0.2, 0) is 242 Å². The molecule has 0 saturated carbocycles. The van der Waals surface area contributed by atoms with Gasteiger partial charge in [0.05, 0.1) is 26.4 Å². The Hall–Kier alpha value is -3.98. The predicted molar refractivity (Wildman–Crippen MR) is 416 cm³/mol. The van der Waals surface area contributed by atoms with Crippen LogP contribution in [-0.4, -0.2) is 341 Å². The highest BCUT2D eigenvalue weighted by molar-refractivity contribution is 8.00. The van der Waals surface area contributed by atoms with Gasteiger partial charge < -0.3 is 39.1 Å². The van der Waals surface area contributed by atoms with E-state index in [-0.39, 0.29) is 57.5 Å². The van der Waals surface area contributed by atoms with Crippen LogP contribution in [0.5, 0.6) is 0 Å². The first-order chi connectivity index (χ1) is 59.9. The number of nitrogens with one attached hydrogen (secondary N) is 2. The zero-order valence-electron chi connectivity index (χ0n) is 64.7. The molecule has 2 aromatic carbocycles. The first kappa shape index (κ1) is 117. The van der Waals surface area contributed by atoms with Crippen LogP contribution in [0.25, 0.3) is 0 Å². The lowest BCUT2D eigenvalue weighted by molar-refractivity contribution is -0.325. The molecule has 6 rings (SSSR count). The number of hydrogen-bond donors (Lipinski definition) is 16. The maximum atomic E-state index is 13.0. The Balaban J connectivity index is 1.05. The van der Waals surface area contributed by atoms with E-state index >= 15 is 0 Å². The molecule has 2 aromatic rings. The second kappa shape index (κ2) is 47.5. The molecular weight excluding hydrogens is 2170 g/mol. The second-order valence-electron chi connectivity index (χ2n) is 26.5. The fourth-order valence-electron chi connectivity index (χ4n) is 12.1. The molecule has 2 amide bonds. The summed E-state index contributed by atoms with van der Waals surface area (Å²) in [5.74, 6) is -1.08. The molecular formula is C50H76N2O64S16. The number of ether oxygens (including phenoxy) is 6. The third-order valence-corrected chi connectivity index (χ3v) is 25.3. The largest absolute Gasteiger partial charge is 0.397 e. The first-order valence-corrected chi connectivity index (χ1v) is 55.9. The molecule has 766 valence electrons. The van der Waals surface area contributed by atoms with Crippen molar-refractivity contribution in [3.63, 3.8) is 0 Å². The number of unbranched alkanes of at least 4 members (excludes halogenated alkanes) is 9. The van der Waals surface area contributed by atoms with Crippen LogP contribution in [0.3, 0.4) is 0 Å². The lowest BCUT2D eigenvalue weighted by Gasteiger charge is -2.48. The fourth-order valence-corrected chi connectivity index (χ4v) is 20.7. The number of amides is 2. The molecule has 66 nitrogen and oxygen atoms in total. The molecule has 0 spiro atoms. The first-order valence-electron chi connectivity index (χ1n) is 35.0. The second-order valence-corrected chi connectivity index (χ2v) is 43.7. The summed E-state index contributed by atoms with van der Waals surface area (Å²) >= 11 is 0.442. The van der Waals surface area contributed by atoms with Crippen molar-refractivity contribution in [2.24, 2.45) is 0 Å². The highest BCUT2D eigenvalue weighted by Crippen LogP contribution is 2.45. The van der Waals surface area contributed by atoms with Gasteiger partial charge >= 0.3 is 146 Å². The fraction of sp³-hybridized carbons (Fsp3) is 0.720. The van der Waals surface area contributed by atoms with Crippen LogP contribution in [0.1, 0.15) is 77.0 Å². The monoisotopic (exact) mass is 2240 g/mol. The van der Waals surface area contributed by atoms with E-state index in [1.165, 1.54) is 24.3 Å². The van der Waals surface area contributed by atoms with E-state index in [0.29, 0.717) is 51.4 Å². The van der Waals surface area contributed by atoms with Crippen molar-refractivity contribution < 1.29 is 278 Å². The molecule has 20 atom stereocenters. The Bertz CT molecular complexity index is 5620. The van der Waals surface area contributed by atoms with Crippen LogP contribution in [0.4, 0.5) is 11.4 Å². The summed E-state index contributed by atoms with van der Waals surface area (Å²) in [5.41, 5.74) is -4.51. The van der Waals surface area contributed by atoms with Gasteiger partial charge in [0.15, 0.2) is 24.8 Å². The van der Waals surface area contributed by atoms with Crippen LogP contribution in [0.15, 0.2) is 58.3 Å². The highest BCUT2D eigenvalue weighted by atomic mass is 32.3. The summed E-state index contributed by atoms with van der Waals surface area (Å²) in [5, 5.41) is 5.14. The van der Waals surface area contributed by atoms with E-state index in [1.807, 2.05) is 0 Å². The van der Waals surface area contributed by atoms with E-state index in [2.05, 4.69) is 69.2 Å². The number of rotatable bonds is 55. The minimum absolute atomic E-state index is 0.0500. The van der Waals surface area contributed by atoms with Gasteiger partial charge in [-0.2, -0.15) is 118 Å². The van der Waals surface area contributed by atoms with Crippen LogP contribution in [0, 0.1) is 0 Å². The quantitative estimate of drug-likeness (QED) is 0.0221. The van der Waals surface area contributed by atoms with Crippen LogP contribution >= 0.6 is 23.5 Å². The summed E-state index contributed by atoms with van der Waals surface area (Å²) in [6, 6.07) is 9.32. The van der Waals surface area contributed by atoms with E-state index in [0.717, 1.165) is 37.1 Å². The molecule has 4 saturated heterocycles. The molecule has 132 heavy (non-hydrogen) atoms. The summed E-state index contributed by atoms with van der Waals surface area (Å²) < 4.78 is 568. The summed E-state index contributed by atoms with van der Waals surface area (Å²) in [7, 11) is -84.5. The SMILES string of the molecule is O=C(CCCCCCCCCCCCC(=O)Nc1ccc(S[C@@H]2O[C@H](COS(=O)(=O)O)[C@@H](O[C@@H]3O[C@H](COS(=O)(=O)O)[C@@H](OS(=O)(=O)O)[C@H](OS(=O)(=O)O)[C@H]3OS(=O)(=O)O)[C@H](OS(=O)(=O)O)[C@H]2OS(=O)(=O)O)cc1)Nc1ccc(S[C@@H]2O[C@H](COS(=O)(=O)O)[C@@H](O[C@@H]3O[C@H](COS(=O)(=O)O)[C@@H](OS(=O)(=O)O)[C@H](OS(=O)(=O)O)[C@H]3OS(=O)(=O)O)[C@H](OS(=O)(=O)O)[C@H]2OS(=O)(=O)O)cc1. The van der Waals surface area contributed by atoms with Crippen molar-refractivity contribution in [3.05, 3.63) is 48.5 Å². The number of hydrogen-bond acceptors (Lipinski definition) is 52. The summed E-state index contributed by atoms with van der Waals surface area (Å²) in [4.78, 5) is 25.7. The molecule has 0 aliphatic carbocycles. The van der Waals surface area contributed by atoms with Crippen molar-refractivity contribution in [3.8, 4) is 0 Å². The number of thioether (sulfide) groups is 2. The molecule has 4 aliphatic rings. The van der Waals surface area contributed by atoms with Gasteiger partial charge in [-0.3, -0.25) is 73.3 Å². The molecule has 16 N–H and O–H groups in total. The van der Waals surface area contributed by atoms with Gasteiger partial charge in [-0.15, -0.1) is 0 Å². The molecule has 4 heterocycles. The van der Waals surface area contributed by atoms with Gasteiger partial charge in [0.25, 0.3) is 0 Å². The minimum atomic E-state index is -6.24. The average Bonchev–Trinajstić information content (AvgIpc) is 0.756. The Morgan fingerprint density at radius 1 is 0.250 bits per heavy atom. The average molecular weight is 2240 g/mol. The molecule has 4 aliphatic heterocycles. The molecule has 82 heteroatoms. The normalized spacial score (nSPS) is 27.5. The predicted octanol–water partition coefficient (Wildman–Crippen LogP) is -4.04. The maximum absolute atomic E-state index is 13.0. The number of benzene rings is 2. The highest BCUT2D eigenvalue weighted by Gasteiger charge is 2.62. The van der Waals surface area contributed by atoms with E-state index in [1.54, 1.807) is 0 Å². The van der Waals surface area contributed by atoms with Gasteiger partial charge in [0.1, 0.15) is 96.3 Å². The topological polar surface area (TPSA) is 1000 Å². The minimum Gasteiger partial charge on any atom is -0.356 e. The van der Waals surface area contributed by atoms with Crippen LogP contribution < -0.4 is 10.6 Å². The molecule has 0 bridgehead atoms. The Kier molecular flexibility index (Phi) is 42.0. The van der Waals surface area contributed by atoms with Crippen molar-refractivity contribution in [1.29, 1.82) is 0 Å². The van der Waals surface area contributed by atoms with Crippen LogP contribution in [0.2, 0.25) is 0 Å². The third-order valence-electron chi connectivity index (χ3n) is 16.6. The smallest absolute Gasteiger partial charge is 0.356 e. The molecule has 0 radical (unpaired) electrons. The zero-order chi connectivity index (χ0) is 100.0. The molecule has 0 unspecified atom stereocenters. The van der Waals surface area contributed by atoms with Gasteiger partial charge in [-0.1, -0.05) is 74.9 Å². The molecule has 4 fully saturated rings. The van der Waals surface area contributed by atoms with Gasteiger partial charge in [0, 0.05) is 34.0 Å². The third kappa shape index (κ3) is 45.1. The Morgan fingerprint density at radius 3 is 0.674 bits per heavy atom. The maximum Gasteiger partial charge on any atom is 0.397 e. The van der Waals surface area contributed by atoms with Crippen molar-refractivity contribution >= 4 is 192 Å². The van der Waals surface area contributed by atoms with Crippen molar-refractivity contribution in [2.45, 2.75) is 208 Å². The standard InChI is InChI=1S/C50H76N2O64S16/c53-33(51-25-13-17-27(18-14-25)117-49-45(115-131(91,92)93)39(109-125(73,74)75)35(29(103-49)21-97-119(55,56)57)105-47-43(113-129(85,86)87)41(111-127(79,80)81)37(107-123(67,68)69)31(101-47)23-99-121(61,62)63)11-9-7-5-3-1-2-4-6-8-10-12-34(54)52-26-15-19-28(20-16-26)118-50-46(116-132(94,95)96)40(110-126(76,77)78)36(30(104-50)22-98-120(58,59)60)106-48-44(114-130(88,89)90)42(112-128(82,83)84)38(108-124(70,71)72)32(102-48)24-100-122(64,65)66/h13-20,29-32,35-50H,1-12,21-24H2,(H,51,53)(H,52,54)(H,55,56,57)(H,58,59,60)(H,61,62,63)(H,64,65,66)(H,67,68,69)(H,70,71,72)(H,73,74,75)(H,76,77,78)(H,79,80,81)(H,82,83,84)(H,85,86,87)(H,88,89,90)(H,91,92,93)(H,94,95,96)/t29-,30-,31-,32-,35-,36-,37-,38-,39+,40+,41+,42+,43-,44-,45-,46-,47+,48+,49+,50+/m1/s1. The Morgan fingerprint density at radius 2 is 0.447 bits per heavy atom. The summed E-state index contributed by atoms with van der Waals surface area (Å²) in [6.45, 7) is -7.37. The van der Waals surface area contributed by atoms with E-state index in [4.69, 9.17) is 28.4 Å². The van der Waals surface area contributed by atoms with E-state index < -0.39 is 305 Å². The molecule has 0 aromatic heterocycles. The van der Waals surface area contributed by atoms with Gasteiger partial charge in [0.2, 0.25) is 11.8 Å². The van der Waals surface area contributed by atoms with Gasteiger partial charge in [-0.05, 0) is 61.4 Å². The lowest BCUT2D eigenvalue weighted by Crippen LogP contribution is -2.66. The summed E-state index contributed by atoms with van der Waals surface area (Å²) in [6.07, 6.45) is -49.4. The van der Waals surface area contributed by atoms with Gasteiger partial charge in [-0.25, -0.2) is 58.6 Å². The Labute approximate surface area is 758 Å².